The first-order chi connectivity index (χ1) is 17.9. The molecule has 1 aliphatic carbocycles. The summed E-state index contributed by atoms with van der Waals surface area (Å²) in [6.45, 7) is 8.15. The third-order valence-electron chi connectivity index (χ3n) is 8.20. The van der Waals surface area contributed by atoms with Crippen LogP contribution in [0.5, 0.6) is 0 Å². The number of carbonyl (C=O) groups excluding carboxylic acids is 1. The van der Waals surface area contributed by atoms with Crippen molar-refractivity contribution < 1.29 is 4.79 Å². The minimum Gasteiger partial charge on any atom is -0.350 e. The Kier molecular flexibility index (Phi) is 7.52. The molecule has 2 fully saturated rings. The lowest BCUT2D eigenvalue weighted by Gasteiger charge is -2.50. The highest BCUT2D eigenvalue weighted by Crippen LogP contribution is 2.35. The van der Waals surface area contributed by atoms with Crippen molar-refractivity contribution in [1.82, 2.24) is 25.1 Å². The lowest BCUT2D eigenvalue weighted by atomic mass is 9.79. The molecule has 1 atom stereocenters. The number of nitrogens with one attached hydrogen (secondary N) is 2. The van der Waals surface area contributed by atoms with Crippen molar-refractivity contribution in [3.8, 4) is 11.9 Å². The van der Waals surface area contributed by atoms with Gasteiger partial charge in [-0.05, 0) is 43.0 Å². The molecule has 37 heavy (non-hydrogen) atoms. The van der Waals surface area contributed by atoms with Crippen molar-refractivity contribution in [2.45, 2.75) is 57.5 Å². The van der Waals surface area contributed by atoms with Gasteiger partial charge in [-0.15, -0.1) is 0 Å². The predicted octanol–water partition coefficient (Wildman–Crippen LogP) is 4.91. The van der Waals surface area contributed by atoms with Crippen LogP contribution in [0.2, 0.25) is 5.02 Å². The zero-order chi connectivity index (χ0) is 26.0. The number of benzene rings is 1. The summed E-state index contributed by atoms with van der Waals surface area (Å²) in [5.41, 5.74) is 1.66. The number of hydrogen-bond donors (Lipinski definition) is 2. The number of pyridine rings is 1. The Bertz CT molecular complexity index is 1320. The van der Waals surface area contributed by atoms with E-state index in [-0.39, 0.29) is 11.4 Å². The molecule has 0 spiro atoms. The van der Waals surface area contributed by atoms with Crippen LogP contribution >= 0.6 is 11.6 Å². The number of rotatable bonds is 6. The zero-order valence-electron chi connectivity index (χ0n) is 21.6. The molecule has 5 rings (SSSR count). The molecule has 1 saturated heterocycles. The summed E-state index contributed by atoms with van der Waals surface area (Å²) >= 11 is 6.63. The van der Waals surface area contributed by atoms with E-state index in [0.717, 1.165) is 38.0 Å². The van der Waals surface area contributed by atoms with E-state index in [2.05, 4.69) is 40.4 Å². The van der Waals surface area contributed by atoms with Gasteiger partial charge in [-0.2, -0.15) is 5.26 Å². The molecule has 0 bridgehead atoms. The van der Waals surface area contributed by atoms with Gasteiger partial charge in [-0.1, -0.05) is 50.8 Å². The summed E-state index contributed by atoms with van der Waals surface area (Å²) < 4.78 is 1.80. The van der Waals surface area contributed by atoms with Crippen molar-refractivity contribution >= 4 is 28.4 Å². The van der Waals surface area contributed by atoms with E-state index in [1.165, 1.54) is 19.3 Å². The Morgan fingerprint density at radius 2 is 2.08 bits per heavy atom. The van der Waals surface area contributed by atoms with Crippen LogP contribution in [0.3, 0.4) is 0 Å². The van der Waals surface area contributed by atoms with Crippen LogP contribution in [0, 0.1) is 17.2 Å². The maximum atomic E-state index is 13.8. The highest BCUT2D eigenvalue weighted by molar-refractivity contribution is 6.37. The van der Waals surface area contributed by atoms with E-state index >= 15 is 0 Å². The monoisotopic (exact) mass is 518 g/mol. The molecule has 194 valence electrons. The van der Waals surface area contributed by atoms with Gasteiger partial charge in [0.15, 0.2) is 5.82 Å². The fourth-order valence-corrected chi connectivity index (χ4v) is 6.35. The minimum absolute atomic E-state index is 0.0275. The number of nitrogens with zero attached hydrogens (tertiary/aromatic N) is 4. The summed E-state index contributed by atoms with van der Waals surface area (Å²) in [7, 11) is 0. The molecule has 3 heterocycles. The molecule has 0 radical (unpaired) electrons. The van der Waals surface area contributed by atoms with E-state index in [9.17, 15) is 10.1 Å². The number of fused-ring (bicyclic) bond motifs is 1. The van der Waals surface area contributed by atoms with E-state index in [1.807, 2.05) is 12.1 Å². The van der Waals surface area contributed by atoms with Crippen molar-refractivity contribution in [2.75, 3.05) is 26.2 Å². The Labute approximate surface area is 223 Å². The number of aromatic nitrogens is 2. The van der Waals surface area contributed by atoms with Crippen molar-refractivity contribution in [3.63, 3.8) is 0 Å². The number of hydrogen-bond acceptors (Lipinski definition) is 5. The molecule has 2 aliphatic rings. The average Bonchev–Trinajstić information content (AvgIpc) is 3.33. The van der Waals surface area contributed by atoms with Crippen molar-refractivity contribution in [2.24, 2.45) is 5.92 Å². The second-order valence-corrected chi connectivity index (χ2v) is 11.2. The molecule has 0 unspecified atom stereocenters. The van der Waals surface area contributed by atoms with Gasteiger partial charge in [0.05, 0.1) is 21.7 Å². The van der Waals surface area contributed by atoms with Crippen molar-refractivity contribution in [3.05, 3.63) is 58.9 Å². The van der Waals surface area contributed by atoms with Gasteiger partial charge in [-0.3, -0.25) is 14.3 Å². The molecule has 1 aliphatic heterocycles. The van der Waals surface area contributed by atoms with Gasteiger partial charge in [0, 0.05) is 55.5 Å². The zero-order valence-corrected chi connectivity index (χ0v) is 22.4. The third kappa shape index (κ3) is 4.98. The normalized spacial score (nSPS) is 20.1. The topological polar surface area (TPSA) is 86.0 Å². The second-order valence-electron chi connectivity index (χ2n) is 10.8. The molecular weight excluding hydrogens is 484 g/mol. The summed E-state index contributed by atoms with van der Waals surface area (Å²) in [6, 6.07) is 11.7. The summed E-state index contributed by atoms with van der Waals surface area (Å²) in [4.78, 5) is 20.8. The van der Waals surface area contributed by atoms with Crippen LogP contribution < -0.4 is 10.6 Å². The average molecular weight is 519 g/mol. The molecule has 1 amide bonds. The smallest absolute Gasteiger partial charge is 0.253 e. The lowest BCUT2D eigenvalue weighted by Crippen LogP contribution is -2.64. The lowest BCUT2D eigenvalue weighted by molar-refractivity contribution is 0.0190. The van der Waals surface area contributed by atoms with Gasteiger partial charge in [0.25, 0.3) is 5.91 Å². The second kappa shape index (κ2) is 10.8. The van der Waals surface area contributed by atoms with Gasteiger partial charge in [0.2, 0.25) is 0 Å². The molecule has 2 N–H and O–H groups in total. The molecular formula is C29H35ClN6O. The van der Waals surface area contributed by atoms with Crippen LogP contribution in [0.4, 0.5) is 0 Å². The number of carbonyl (C=O) groups is 1. The van der Waals surface area contributed by atoms with Crippen LogP contribution in [-0.2, 0) is 0 Å². The standard InChI is InChI=1S/C29H35ClN6O/c1-20(2)24-18-35(15-14-32-24)29(11-4-3-5-12-29)19-34-28(37)22-17-36(25-10-6-9-23(30)26(22)25)27-21(16-31)8-7-13-33-27/h6-10,13,17,20,24,32H,3-5,11-12,14-15,18-19H2,1-2H3,(H,34,37)/t24-/m0/s1. The SMILES string of the molecule is CC(C)[C@@H]1CN(C2(CNC(=O)c3cn(-c4ncccc4C#N)c4cccc(Cl)c34)CCCCC2)CCN1. The molecule has 1 aromatic carbocycles. The Hall–Kier alpha value is -2.92. The first kappa shape index (κ1) is 25.7. The maximum Gasteiger partial charge on any atom is 0.253 e. The first-order valence-corrected chi connectivity index (χ1v) is 13.7. The fraction of sp³-hybridized carbons (Fsp3) is 0.483. The minimum atomic E-state index is -0.146. The molecule has 3 aromatic rings. The Morgan fingerprint density at radius 1 is 1.27 bits per heavy atom. The van der Waals surface area contributed by atoms with Gasteiger partial charge >= 0.3 is 0 Å². The predicted molar refractivity (Wildman–Crippen MR) is 147 cm³/mol. The van der Waals surface area contributed by atoms with Gasteiger partial charge < -0.3 is 10.6 Å². The fourth-order valence-electron chi connectivity index (χ4n) is 6.08. The molecule has 8 heteroatoms. The Morgan fingerprint density at radius 3 is 2.84 bits per heavy atom. The quantitative estimate of drug-likeness (QED) is 0.484. The van der Waals surface area contributed by atoms with Gasteiger partial charge in [0.1, 0.15) is 6.07 Å². The van der Waals surface area contributed by atoms with Crippen LogP contribution in [-0.4, -0.2) is 58.1 Å². The van der Waals surface area contributed by atoms with Crippen LogP contribution in [0.1, 0.15) is 61.9 Å². The number of piperazine rings is 1. The number of halogens is 1. The van der Waals surface area contributed by atoms with E-state index < -0.39 is 0 Å². The Balaban J connectivity index is 1.46. The summed E-state index contributed by atoms with van der Waals surface area (Å²) in [5, 5.41) is 17.8. The third-order valence-corrected chi connectivity index (χ3v) is 8.52. The molecule has 1 saturated carbocycles. The molecule has 7 nitrogen and oxygen atoms in total. The highest BCUT2D eigenvalue weighted by atomic mass is 35.5. The van der Waals surface area contributed by atoms with E-state index in [4.69, 9.17) is 11.6 Å². The highest BCUT2D eigenvalue weighted by Gasteiger charge is 2.40. The van der Waals surface area contributed by atoms with Crippen LogP contribution in [0.25, 0.3) is 16.7 Å². The van der Waals surface area contributed by atoms with Crippen molar-refractivity contribution in [1.29, 1.82) is 5.26 Å². The summed E-state index contributed by atoms with van der Waals surface area (Å²) in [6.07, 6.45) is 9.24. The maximum absolute atomic E-state index is 13.8. The molecule has 2 aromatic heterocycles. The first-order valence-electron chi connectivity index (χ1n) is 13.4. The van der Waals surface area contributed by atoms with E-state index in [0.29, 0.717) is 45.9 Å². The van der Waals surface area contributed by atoms with Gasteiger partial charge in [-0.25, -0.2) is 4.98 Å². The number of nitriles is 1. The number of amides is 1. The largest absolute Gasteiger partial charge is 0.350 e. The van der Waals surface area contributed by atoms with Crippen LogP contribution in [0.15, 0.2) is 42.7 Å². The van der Waals surface area contributed by atoms with E-state index in [1.54, 1.807) is 35.2 Å². The summed E-state index contributed by atoms with van der Waals surface area (Å²) in [5.74, 6) is 0.906.